The third kappa shape index (κ3) is 1.82. The molecule has 0 spiro atoms. The quantitative estimate of drug-likeness (QED) is 0.770. The second-order valence-electron chi connectivity index (χ2n) is 3.50. The van der Waals surface area contributed by atoms with Crippen molar-refractivity contribution in [1.82, 2.24) is 0 Å². The predicted molar refractivity (Wildman–Crippen MR) is 56.4 cm³/mol. The van der Waals surface area contributed by atoms with Crippen molar-refractivity contribution in [2.75, 3.05) is 0 Å². The maximum Gasteiger partial charge on any atom is 0.442 e. The van der Waals surface area contributed by atoms with E-state index in [2.05, 4.69) is 26.2 Å². The summed E-state index contributed by atoms with van der Waals surface area (Å²) >= 11 is 3.15. The van der Waals surface area contributed by atoms with Crippen molar-refractivity contribution in [3.05, 3.63) is 34.9 Å². The van der Waals surface area contributed by atoms with Crippen LogP contribution in [0, 0.1) is 11.3 Å². The number of halogens is 4. The summed E-state index contributed by atoms with van der Waals surface area (Å²) in [5, 5.41) is 15.4. The summed E-state index contributed by atoms with van der Waals surface area (Å²) in [7, 11) is 0. The number of rotatable bonds is 2. The highest BCUT2D eigenvalue weighted by Crippen LogP contribution is 2.53. The average molecular weight is 304 g/mol. The number of nitriles is 1. The van der Waals surface area contributed by atoms with Crippen LogP contribution in [0.5, 0.6) is 0 Å². The van der Waals surface area contributed by atoms with Crippen LogP contribution in [-0.4, -0.2) is 6.18 Å². The summed E-state index contributed by atoms with van der Waals surface area (Å²) in [6, 6.07) is 5.97. The van der Waals surface area contributed by atoms with Gasteiger partial charge in [-0.15, -0.1) is 10.2 Å². The molecule has 0 saturated heterocycles. The predicted octanol–water partition coefficient (Wildman–Crippen LogP) is 3.63. The van der Waals surface area contributed by atoms with Gasteiger partial charge in [0, 0.05) is 10.9 Å². The van der Waals surface area contributed by atoms with Crippen molar-refractivity contribution in [2.24, 2.45) is 10.2 Å². The van der Waals surface area contributed by atoms with E-state index in [0.29, 0.717) is 10.9 Å². The van der Waals surface area contributed by atoms with E-state index < -0.39 is 11.8 Å². The molecule has 3 nitrogen and oxygen atoms in total. The van der Waals surface area contributed by atoms with Crippen molar-refractivity contribution < 1.29 is 13.2 Å². The lowest BCUT2D eigenvalue weighted by atomic mass is 9.95. The van der Waals surface area contributed by atoms with E-state index in [1.807, 2.05) is 0 Å². The highest BCUT2D eigenvalue weighted by atomic mass is 79.9. The van der Waals surface area contributed by atoms with Crippen LogP contribution in [-0.2, 0) is 11.0 Å². The first kappa shape index (κ1) is 12.0. The van der Waals surface area contributed by atoms with Crippen molar-refractivity contribution in [3.63, 3.8) is 0 Å². The molecule has 1 aromatic carbocycles. The zero-order chi connectivity index (χ0) is 12.7. The van der Waals surface area contributed by atoms with E-state index in [9.17, 15) is 13.2 Å². The first-order valence-corrected chi connectivity index (χ1v) is 5.67. The summed E-state index contributed by atoms with van der Waals surface area (Å²) in [4.78, 5) is 0. The summed E-state index contributed by atoms with van der Waals surface area (Å²) in [6.45, 7) is 0. The normalized spacial score (nSPS) is 16.6. The van der Waals surface area contributed by atoms with Crippen LogP contribution in [0.2, 0.25) is 0 Å². The minimum atomic E-state index is -4.61. The number of benzene rings is 1. The molecule has 88 valence electrons. The van der Waals surface area contributed by atoms with Gasteiger partial charge in [0.2, 0.25) is 0 Å². The molecule has 1 aromatic rings. The number of hydrogen-bond donors (Lipinski definition) is 0. The fourth-order valence-corrected chi connectivity index (χ4v) is 1.83. The Morgan fingerprint density at radius 3 is 2.41 bits per heavy atom. The zero-order valence-corrected chi connectivity index (χ0v) is 9.88. The molecule has 0 unspecified atom stereocenters. The standard InChI is InChI=1S/C10H5BrF3N3/c11-4-6-1-2-7(5-15)8(3-6)9(16-17-9)10(12,13)14/h1-3H,4H2. The van der Waals surface area contributed by atoms with E-state index in [4.69, 9.17) is 5.26 Å². The van der Waals surface area contributed by atoms with Crippen LogP contribution >= 0.6 is 15.9 Å². The second-order valence-corrected chi connectivity index (χ2v) is 4.06. The Balaban J connectivity index is 2.56. The van der Waals surface area contributed by atoms with Crippen molar-refractivity contribution >= 4 is 15.9 Å². The highest BCUT2D eigenvalue weighted by Gasteiger charge is 2.66. The van der Waals surface area contributed by atoms with Gasteiger partial charge in [-0.25, -0.2) is 0 Å². The van der Waals surface area contributed by atoms with E-state index in [1.54, 1.807) is 12.1 Å². The third-order valence-corrected chi connectivity index (χ3v) is 3.08. The summed E-state index contributed by atoms with van der Waals surface area (Å²) in [5.41, 5.74) is -2.16. The van der Waals surface area contributed by atoms with Crippen molar-refractivity contribution in [1.29, 1.82) is 5.26 Å². The molecule has 1 aliphatic heterocycles. The molecular formula is C10H5BrF3N3. The van der Waals surface area contributed by atoms with Gasteiger partial charge < -0.3 is 0 Å². The SMILES string of the molecule is N#Cc1ccc(CBr)cc1C1(C(F)(F)F)N=N1. The zero-order valence-electron chi connectivity index (χ0n) is 8.29. The summed E-state index contributed by atoms with van der Waals surface area (Å²) in [5.74, 6) is 0. The molecule has 0 saturated carbocycles. The van der Waals surface area contributed by atoms with Gasteiger partial charge in [0.25, 0.3) is 0 Å². The van der Waals surface area contributed by atoms with Crippen molar-refractivity contribution in [2.45, 2.75) is 17.2 Å². The van der Waals surface area contributed by atoms with E-state index in [-0.39, 0.29) is 11.1 Å². The van der Waals surface area contributed by atoms with E-state index in [1.165, 1.54) is 12.1 Å². The van der Waals surface area contributed by atoms with Crippen LogP contribution in [0.3, 0.4) is 0 Å². The Bertz CT molecular complexity index is 525. The Morgan fingerprint density at radius 1 is 1.35 bits per heavy atom. The Hall–Kier alpha value is -1.42. The van der Waals surface area contributed by atoms with E-state index >= 15 is 0 Å². The van der Waals surface area contributed by atoms with Gasteiger partial charge >= 0.3 is 11.8 Å². The van der Waals surface area contributed by atoms with Crippen molar-refractivity contribution in [3.8, 4) is 6.07 Å². The lowest BCUT2D eigenvalue weighted by molar-refractivity contribution is -0.166. The van der Waals surface area contributed by atoms with Crippen LogP contribution in [0.1, 0.15) is 16.7 Å². The number of nitrogens with zero attached hydrogens (tertiary/aromatic N) is 3. The maximum absolute atomic E-state index is 12.8. The topological polar surface area (TPSA) is 48.5 Å². The minimum absolute atomic E-state index is 0.0583. The first-order valence-electron chi connectivity index (χ1n) is 4.55. The Kier molecular flexibility index (Phi) is 2.70. The molecule has 0 aromatic heterocycles. The lowest BCUT2D eigenvalue weighted by Gasteiger charge is -2.16. The van der Waals surface area contributed by atoms with Gasteiger partial charge in [-0.2, -0.15) is 18.4 Å². The third-order valence-electron chi connectivity index (χ3n) is 2.43. The molecular weight excluding hydrogens is 299 g/mol. The molecule has 0 bridgehead atoms. The van der Waals surface area contributed by atoms with Crippen LogP contribution < -0.4 is 0 Å². The van der Waals surface area contributed by atoms with Gasteiger partial charge in [-0.1, -0.05) is 22.0 Å². The monoisotopic (exact) mass is 303 g/mol. The number of hydrogen-bond acceptors (Lipinski definition) is 3. The van der Waals surface area contributed by atoms with Gasteiger partial charge in [0.1, 0.15) is 0 Å². The van der Waals surface area contributed by atoms with Gasteiger partial charge in [0.05, 0.1) is 11.6 Å². The summed E-state index contributed by atoms with van der Waals surface area (Å²) < 4.78 is 38.5. The molecule has 1 heterocycles. The molecule has 0 aliphatic carbocycles. The molecule has 1 aliphatic rings. The van der Waals surface area contributed by atoms with Crippen LogP contribution in [0.15, 0.2) is 28.4 Å². The van der Waals surface area contributed by atoms with Gasteiger partial charge in [0.15, 0.2) is 0 Å². The fraction of sp³-hybridized carbons (Fsp3) is 0.300. The summed E-state index contributed by atoms with van der Waals surface area (Å²) in [6.07, 6.45) is -4.61. The molecule has 2 rings (SSSR count). The Labute approximate surface area is 103 Å². The molecule has 0 amide bonds. The highest BCUT2D eigenvalue weighted by molar-refractivity contribution is 9.08. The molecule has 0 atom stereocenters. The van der Waals surface area contributed by atoms with Gasteiger partial charge in [-0.3, -0.25) is 0 Å². The largest absolute Gasteiger partial charge is 0.442 e. The average Bonchev–Trinajstić information content (AvgIpc) is 3.08. The maximum atomic E-state index is 12.8. The molecule has 0 fully saturated rings. The Morgan fingerprint density at radius 2 is 2.00 bits per heavy atom. The number of alkyl halides is 4. The minimum Gasteiger partial charge on any atom is -0.192 e. The van der Waals surface area contributed by atoms with Gasteiger partial charge in [-0.05, 0) is 17.7 Å². The molecule has 0 N–H and O–H groups in total. The molecule has 0 radical (unpaired) electrons. The molecule has 7 heteroatoms. The van der Waals surface area contributed by atoms with Crippen LogP contribution in [0.4, 0.5) is 13.2 Å². The van der Waals surface area contributed by atoms with Crippen LogP contribution in [0.25, 0.3) is 0 Å². The van der Waals surface area contributed by atoms with E-state index in [0.717, 1.165) is 0 Å². The molecule has 17 heavy (non-hydrogen) atoms. The lowest BCUT2D eigenvalue weighted by Crippen LogP contribution is -2.31. The first-order chi connectivity index (χ1) is 7.94. The second kappa shape index (κ2) is 3.81. The smallest absolute Gasteiger partial charge is 0.192 e. The fourth-order valence-electron chi connectivity index (χ4n) is 1.48.